The van der Waals surface area contributed by atoms with Gasteiger partial charge in [0.25, 0.3) is 0 Å². The number of ether oxygens (including phenoxy) is 1. The number of benzene rings is 1. The van der Waals surface area contributed by atoms with Crippen LogP contribution in [0, 0.1) is 12.3 Å². The fourth-order valence-corrected chi connectivity index (χ4v) is 2.87. The molecule has 0 spiro atoms. The molecule has 0 bridgehead atoms. The first-order chi connectivity index (χ1) is 12.7. The van der Waals surface area contributed by atoms with Crippen molar-refractivity contribution in [3.05, 3.63) is 60.2 Å². The number of fused-ring (bicyclic) bond motifs is 1. The number of hydrogen-bond acceptors (Lipinski definition) is 5. The Morgan fingerprint density at radius 1 is 1.19 bits per heavy atom. The molecule has 0 radical (unpaired) electrons. The van der Waals surface area contributed by atoms with Crippen molar-refractivity contribution in [1.82, 2.24) is 24.4 Å². The van der Waals surface area contributed by atoms with Gasteiger partial charge in [-0.3, -0.25) is 4.68 Å². The Hall–Kier alpha value is -3.19. The predicted octanol–water partition coefficient (Wildman–Crippen LogP) is 3.84. The molecule has 0 saturated heterocycles. The molecule has 3 heterocycles. The van der Waals surface area contributed by atoms with Crippen LogP contribution >= 0.6 is 12.4 Å². The van der Waals surface area contributed by atoms with Crippen molar-refractivity contribution in [3.63, 3.8) is 0 Å². The average molecular weight is 383 g/mol. The summed E-state index contributed by atoms with van der Waals surface area (Å²) in [5.74, 6) is 1.21. The molecule has 0 amide bonds. The highest BCUT2D eigenvalue weighted by Gasteiger charge is 2.13. The summed E-state index contributed by atoms with van der Waals surface area (Å²) in [7, 11) is 1.87. The Bertz CT molecular complexity index is 1100. The van der Waals surface area contributed by atoms with Crippen molar-refractivity contribution in [3.8, 4) is 22.9 Å². The summed E-state index contributed by atoms with van der Waals surface area (Å²) < 4.78 is 9.65. The maximum absolute atomic E-state index is 7.34. The van der Waals surface area contributed by atoms with Crippen molar-refractivity contribution in [1.29, 1.82) is 5.41 Å². The SMILES string of the molecule is Cc1c(CC=N)cccc1Oc1nc(-c2cnn(C)c2)cn2nccc12.Cl. The third-order valence-electron chi connectivity index (χ3n) is 4.28. The van der Waals surface area contributed by atoms with Crippen molar-refractivity contribution < 1.29 is 4.74 Å². The Labute approximate surface area is 162 Å². The standard InChI is InChI=1S/C19H18N6O.ClH/c1-13-14(6-8-20)4-3-5-18(13)26-19-17-7-9-21-25(17)12-16(23-19)15-10-22-24(2)11-15;/h3-5,7-12,20H,6H2,1-2H3;1H. The quantitative estimate of drug-likeness (QED) is 0.531. The van der Waals surface area contributed by atoms with Crippen LogP contribution in [0.15, 0.2) is 49.1 Å². The smallest absolute Gasteiger partial charge is 0.246 e. The van der Waals surface area contributed by atoms with Gasteiger partial charge < -0.3 is 10.1 Å². The van der Waals surface area contributed by atoms with Crippen LogP contribution < -0.4 is 4.74 Å². The molecule has 0 aliphatic carbocycles. The first-order valence-corrected chi connectivity index (χ1v) is 8.24. The minimum absolute atomic E-state index is 0. The van der Waals surface area contributed by atoms with Gasteiger partial charge in [0.15, 0.2) is 0 Å². The summed E-state index contributed by atoms with van der Waals surface area (Å²) in [6.45, 7) is 1.99. The third kappa shape index (κ3) is 3.54. The van der Waals surface area contributed by atoms with Gasteiger partial charge in [0, 0.05) is 25.2 Å². The molecule has 4 rings (SSSR count). The largest absolute Gasteiger partial charge is 0.437 e. The number of aromatic nitrogens is 5. The minimum atomic E-state index is 0. The molecule has 0 aliphatic heterocycles. The fourth-order valence-electron chi connectivity index (χ4n) is 2.87. The Balaban J connectivity index is 0.00000210. The lowest BCUT2D eigenvalue weighted by atomic mass is 10.1. The van der Waals surface area contributed by atoms with E-state index in [1.54, 1.807) is 21.6 Å². The lowest BCUT2D eigenvalue weighted by molar-refractivity contribution is 0.462. The molecule has 0 atom stereocenters. The van der Waals surface area contributed by atoms with Gasteiger partial charge in [-0.1, -0.05) is 12.1 Å². The third-order valence-corrected chi connectivity index (χ3v) is 4.28. The van der Waals surface area contributed by atoms with Crippen LogP contribution in [0.25, 0.3) is 16.8 Å². The highest BCUT2D eigenvalue weighted by atomic mass is 35.5. The predicted molar refractivity (Wildman–Crippen MR) is 106 cm³/mol. The van der Waals surface area contributed by atoms with E-state index < -0.39 is 0 Å². The monoisotopic (exact) mass is 382 g/mol. The van der Waals surface area contributed by atoms with Crippen molar-refractivity contribution in [2.45, 2.75) is 13.3 Å². The lowest BCUT2D eigenvalue weighted by Crippen LogP contribution is -1.99. The van der Waals surface area contributed by atoms with E-state index in [4.69, 9.17) is 10.1 Å². The topological polar surface area (TPSA) is 81.1 Å². The first kappa shape index (κ1) is 18.6. The fraction of sp³-hybridized carbons (Fsp3) is 0.158. The first-order valence-electron chi connectivity index (χ1n) is 8.24. The van der Waals surface area contributed by atoms with Crippen LogP contribution in [0.1, 0.15) is 11.1 Å². The van der Waals surface area contributed by atoms with Crippen molar-refractivity contribution in [2.24, 2.45) is 7.05 Å². The summed E-state index contributed by atoms with van der Waals surface area (Å²) in [4.78, 5) is 4.69. The second-order valence-electron chi connectivity index (χ2n) is 6.05. The van der Waals surface area contributed by atoms with Gasteiger partial charge >= 0.3 is 0 Å². The maximum atomic E-state index is 7.34. The van der Waals surface area contributed by atoms with E-state index in [2.05, 4.69) is 15.2 Å². The minimum Gasteiger partial charge on any atom is -0.437 e. The van der Waals surface area contributed by atoms with E-state index in [1.165, 1.54) is 6.21 Å². The van der Waals surface area contributed by atoms with Crippen molar-refractivity contribution in [2.75, 3.05) is 0 Å². The zero-order valence-electron chi connectivity index (χ0n) is 15.0. The summed E-state index contributed by atoms with van der Waals surface area (Å²) >= 11 is 0. The van der Waals surface area contributed by atoms with E-state index >= 15 is 0 Å². The van der Waals surface area contributed by atoms with Crippen LogP contribution in [0.3, 0.4) is 0 Å². The van der Waals surface area contributed by atoms with E-state index in [0.29, 0.717) is 12.3 Å². The molecule has 0 saturated carbocycles. The highest BCUT2D eigenvalue weighted by molar-refractivity contribution is 5.85. The van der Waals surface area contributed by atoms with E-state index in [1.807, 2.05) is 50.6 Å². The second kappa shape index (κ2) is 7.59. The van der Waals surface area contributed by atoms with Crippen LogP contribution in [-0.4, -0.2) is 30.6 Å². The van der Waals surface area contributed by atoms with Gasteiger partial charge in [-0.15, -0.1) is 12.4 Å². The average Bonchev–Trinajstić information content (AvgIpc) is 3.27. The van der Waals surface area contributed by atoms with E-state index in [-0.39, 0.29) is 12.4 Å². The van der Waals surface area contributed by atoms with Crippen LogP contribution in [0.5, 0.6) is 11.6 Å². The molecule has 7 nitrogen and oxygen atoms in total. The normalized spacial score (nSPS) is 10.6. The van der Waals surface area contributed by atoms with Gasteiger partial charge in [0.05, 0.1) is 24.3 Å². The number of hydrogen-bond donors (Lipinski definition) is 1. The maximum Gasteiger partial charge on any atom is 0.246 e. The van der Waals surface area contributed by atoms with Crippen LogP contribution in [-0.2, 0) is 13.5 Å². The molecular formula is C19H19ClN6O. The molecule has 27 heavy (non-hydrogen) atoms. The molecule has 4 aromatic rings. The van der Waals surface area contributed by atoms with Gasteiger partial charge in [-0.05, 0) is 36.4 Å². The summed E-state index contributed by atoms with van der Waals surface area (Å²) in [5, 5.41) is 15.9. The van der Waals surface area contributed by atoms with Crippen molar-refractivity contribution >= 4 is 24.1 Å². The molecule has 3 aromatic heterocycles. The Morgan fingerprint density at radius 3 is 2.78 bits per heavy atom. The summed E-state index contributed by atoms with van der Waals surface area (Å²) in [6, 6.07) is 7.71. The summed E-state index contributed by atoms with van der Waals surface area (Å²) in [6.07, 6.45) is 9.21. The number of nitrogens with one attached hydrogen (secondary N) is 1. The van der Waals surface area contributed by atoms with Gasteiger partial charge in [0.1, 0.15) is 11.3 Å². The number of rotatable bonds is 5. The second-order valence-corrected chi connectivity index (χ2v) is 6.05. The molecular weight excluding hydrogens is 364 g/mol. The van der Waals surface area contributed by atoms with Gasteiger partial charge in [-0.25, -0.2) is 9.50 Å². The number of halogens is 1. The molecule has 8 heteroatoms. The molecule has 0 unspecified atom stereocenters. The zero-order chi connectivity index (χ0) is 18.1. The molecule has 1 N–H and O–H groups in total. The number of nitrogens with zero attached hydrogens (tertiary/aromatic N) is 5. The molecule has 0 aliphatic rings. The Kier molecular flexibility index (Phi) is 5.23. The number of aryl methyl sites for hydroxylation is 1. The van der Waals surface area contributed by atoms with E-state index in [0.717, 1.165) is 33.7 Å². The van der Waals surface area contributed by atoms with Crippen LogP contribution in [0.2, 0.25) is 0 Å². The van der Waals surface area contributed by atoms with E-state index in [9.17, 15) is 0 Å². The molecule has 138 valence electrons. The summed E-state index contributed by atoms with van der Waals surface area (Å²) in [5.41, 5.74) is 4.48. The highest BCUT2D eigenvalue weighted by Crippen LogP contribution is 2.30. The lowest BCUT2D eigenvalue weighted by Gasteiger charge is -2.12. The molecule has 1 aromatic carbocycles. The zero-order valence-corrected chi connectivity index (χ0v) is 15.8. The molecule has 0 fully saturated rings. The van der Waals surface area contributed by atoms with Crippen LogP contribution in [0.4, 0.5) is 0 Å². The van der Waals surface area contributed by atoms with Gasteiger partial charge in [0.2, 0.25) is 5.88 Å². The van der Waals surface area contributed by atoms with Gasteiger partial charge in [-0.2, -0.15) is 10.2 Å². The Morgan fingerprint density at radius 2 is 2.04 bits per heavy atom.